The van der Waals surface area contributed by atoms with Crippen molar-refractivity contribution in [1.29, 1.82) is 0 Å². The molecule has 0 bridgehead atoms. The maximum Gasteiger partial charge on any atom is 0.228 e. The quantitative estimate of drug-likeness (QED) is 0.834. The average Bonchev–Trinajstić information content (AvgIpc) is 3.05. The van der Waals surface area contributed by atoms with Gasteiger partial charge >= 0.3 is 0 Å². The molecular formula is C16H23N3O3. The highest BCUT2D eigenvalue weighted by Crippen LogP contribution is 2.30. The van der Waals surface area contributed by atoms with Crippen molar-refractivity contribution in [2.24, 2.45) is 11.8 Å². The number of carbonyl (C=O) groups is 1. The van der Waals surface area contributed by atoms with E-state index >= 15 is 0 Å². The first kappa shape index (κ1) is 14.2. The minimum atomic E-state index is 0.0125. The van der Waals surface area contributed by atoms with Crippen molar-refractivity contribution in [1.82, 2.24) is 14.7 Å². The molecule has 0 spiro atoms. The van der Waals surface area contributed by atoms with E-state index in [1.807, 2.05) is 15.6 Å². The third-order valence-electron chi connectivity index (χ3n) is 4.81. The molecule has 4 rings (SSSR count). The number of fused-ring (bicyclic) bond motifs is 1. The van der Waals surface area contributed by atoms with E-state index in [9.17, 15) is 4.79 Å². The second-order valence-corrected chi connectivity index (χ2v) is 6.68. The van der Waals surface area contributed by atoms with Crippen LogP contribution < -0.4 is 0 Å². The van der Waals surface area contributed by atoms with Gasteiger partial charge in [-0.3, -0.25) is 9.48 Å². The topological polar surface area (TPSA) is 56.6 Å². The Labute approximate surface area is 130 Å². The van der Waals surface area contributed by atoms with E-state index in [-0.39, 0.29) is 17.9 Å². The van der Waals surface area contributed by atoms with Crippen LogP contribution in [0.25, 0.3) is 0 Å². The normalized spacial score (nSPS) is 28.5. The summed E-state index contributed by atoms with van der Waals surface area (Å²) in [6, 6.07) is 1.99. The predicted molar refractivity (Wildman–Crippen MR) is 79.0 cm³/mol. The lowest BCUT2D eigenvalue weighted by Gasteiger charge is -2.26. The van der Waals surface area contributed by atoms with Gasteiger partial charge < -0.3 is 14.4 Å². The Bertz CT molecular complexity index is 534. The number of rotatable bonds is 4. The highest BCUT2D eigenvalue weighted by Gasteiger charge is 2.33. The Morgan fingerprint density at radius 2 is 2.27 bits per heavy atom. The smallest absolute Gasteiger partial charge is 0.228 e. The van der Waals surface area contributed by atoms with Crippen LogP contribution in [-0.2, 0) is 27.4 Å². The van der Waals surface area contributed by atoms with Gasteiger partial charge in [-0.25, -0.2) is 0 Å². The van der Waals surface area contributed by atoms with E-state index in [0.717, 1.165) is 31.2 Å². The number of nitrogens with zero attached hydrogens (tertiary/aromatic N) is 3. The van der Waals surface area contributed by atoms with E-state index < -0.39 is 0 Å². The van der Waals surface area contributed by atoms with Crippen molar-refractivity contribution < 1.29 is 14.3 Å². The van der Waals surface area contributed by atoms with Crippen LogP contribution in [0.5, 0.6) is 0 Å². The maximum absolute atomic E-state index is 12.7. The first-order chi connectivity index (χ1) is 10.8. The number of hydrogen-bond acceptors (Lipinski definition) is 4. The molecule has 1 amide bonds. The molecule has 3 heterocycles. The summed E-state index contributed by atoms with van der Waals surface area (Å²) in [4.78, 5) is 14.7. The number of ether oxygens (including phenoxy) is 2. The van der Waals surface area contributed by atoms with E-state index in [1.54, 1.807) is 6.20 Å². The minimum absolute atomic E-state index is 0.0125. The number of carbonyl (C=O) groups excluding carboxylic acids is 1. The van der Waals surface area contributed by atoms with E-state index in [1.165, 1.54) is 12.8 Å². The monoisotopic (exact) mass is 305 g/mol. The molecule has 1 aromatic heterocycles. The van der Waals surface area contributed by atoms with Gasteiger partial charge in [0.15, 0.2) is 0 Å². The van der Waals surface area contributed by atoms with Gasteiger partial charge in [-0.1, -0.05) is 0 Å². The van der Waals surface area contributed by atoms with Crippen molar-refractivity contribution in [3.05, 3.63) is 18.0 Å². The van der Waals surface area contributed by atoms with Crippen molar-refractivity contribution in [2.45, 2.75) is 38.5 Å². The van der Waals surface area contributed by atoms with Gasteiger partial charge in [-0.2, -0.15) is 5.10 Å². The molecule has 0 radical (unpaired) electrons. The number of hydrogen-bond donors (Lipinski definition) is 0. The molecule has 3 aliphatic rings. The van der Waals surface area contributed by atoms with Gasteiger partial charge in [0.05, 0.1) is 37.4 Å². The third-order valence-corrected chi connectivity index (χ3v) is 4.81. The molecule has 2 atom stereocenters. The summed E-state index contributed by atoms with van der Waals surface area (Å²) in [5, 5.41) is 4.38. The summed E-state index contributed by atoms with van der Waals surface area (Å²) in [7, 11) is 0. The lowest BCUT2D eigenvalue weighted by molar-refractivity contribution is -0.138. The van der Waals surface area contributed by atoms with Gasteiger partial charge in [0.1, 0.15) is 0 Å². The molecule has 120 valence electrons. The lowest BCUT2D eigenvalue weighted by Crippen LogP contribution is -2.41. The summed E-state index contributed by atoms with van der Waals surface area (Å²) in [6.45, 7) is 4.09. The van der Waals surface area contributed by atoms with Crippen LogP contribution in [0.3, 0.4) is 0 Å². The minimum Gasteiger partial charge on any atom is -0.381 e. The highest BCUT2D eigenvalue weighted by atomic mass is 16.5. The van der Waals surface area contributed by atoms with E-state index in [4.69, 9.17) is 9.47 Å². The Morgan fingerprint density at radius 1 is 1.36 bits per heavy atom. The van der Waals surface area contributed by atoms with Crippen LogP contribution in [0, 0.1) is 11.8 Å². The van der Waals surface area contributed by atoms with Gasteiger partial charge in [0.25, 0.3) is 0 Å². The second kappa shape index (κ2) is 6.01. The zero-order valence-corrected chi connectivity index (χ0v) is 12.8. The molecule has 6 nitrogen and oxygen atoms in total. The highest BCUT2D eigenvalue weighted by molar-refractivity contribution is 5.79. The summed E-state index contributed by atoms with van der Waals surface area (Å²) in [6.07, 6.45) is 5.24. The summed E-state index contributed by atoms with van der Waals surface area (Å²) in [5.41, 5.74) is 1.09. The van der Waals surface area contributed by atoms with Crippen LogP contribution in [0.1, 0.15) is 25.0 Å². The SMILES string of the molecule is O=C([C@@H]1CCOC1)N1Cc2ccnn2C[C@H](OCC2CC2)C1. The Hall–Kier alpha value is -1.40. The molecule has 1 aromatic rings. The Balaban J connectivity index is 1.48. The van der Waals surface area contributed by atoms with Crippen molar-refractivity contribution in [3.8, 4) is 0 Å². The first-order valence-electron chi connectivity index (χ1n) is 8.28. The first-order valence-corrected chi connectivity index (χ1v) is 8.28. The van der Waals surface area contributed by atoms with Gasteiger partial charge in [-0.15, -0.1) is 0 Å². The van der Waals surface area contributed by atoms with Gasteiger partial charge in [-0.05, 0) is 31.2 Å². The zero-order valence-electron chi connectivity index (χ0n) is 12.8. The zero-order chi connectivity index (χ0) is 14.9. The second-order valence-electron chi connectivity index (χ2n) is 6.68. The van der Waals surface area contributed by atoms with Crippen LogP contribution in [0.2, 0.25) is 0 Å². The average molecular weight is 305 g/mol. The fraction of sp³-hybridized carbons (Fsp3) is 0.750. The molecule has 0 unspecified atom stereocenters. The standard InChI is InChI=1S/C16H23N3O3/c20-16(13-4-6-21-11-13)18-7-14-3-5-17-19(14)9-15(8-18)22-10-12-1-2-12/h3,5,12-13,15H,1-2,4,6-11H2/t13-,15-/m1/s1. The molecule has 1 aliphatic carbocycles. The van der Waals surface area contributed by atoms with Crippen molar-refractivity contribution >= 4 is 5.91 Å². The fourth-order valence-corrected chi connectivity index (χ4v) is 3.23. The molecule has 0 N–H and O–H groups in total. The molecule has 1 saturated carbocycles. The molecule has 2 fully saturated rings. The van der Waals surface area contributed by atoms with Crippen LogP contribution in [0.4, 0.5) is 0 Å². The summed E-state index contributed by atoms with van der Waals surface area (Å²) < 4.78 is 13.4. The number of amides is 1. The summed E-state index contributed by atoms with van der Waals surface area (Å²) in [5.74, 6) is 0.943. The van der Waals surface area contributed by atoms with Crippen LogP contribution in [-0.4, -0.2) is 53.1 Å². The van der Waals surface area contributed by atoms with Crippen molar-refractivity contribution in [2.75, 3.05) is 26.4 Å². The lowest BCUT2D eigenvalue weighted by atomic mass is 10.1. The Morgan fingerprint density at radius 3 is 3.05 bits per heavy atom. The number of aromatic nitrogens is 2. The molecule has 1 saturated heterocycles. The van der Waals surface area contributed by atoms with E-state index in [2.05, 4.69) is 5.10 Å². The van der Waals surface area contributed by atoms with Gasteiger partial charge in [0.2, 0.25) is 5.91 Å². The maximum atomic E-state index is 12.7. The van der Waals surface area contributed by atoms with Crippen LogP contribution >= 0.6 is 0 Å². The molecule has 6 heteroatoms. The van der Waals surface area contributed by atoms with Gasteiger partial charge in [0, 0.05) is 26.0 Å². The van der Waals surface area contributed by atoms with Crippen molar-refractivity contribution in [3.63, 3.8) is 0 Å². The van der Waals surface area contributed by atoms with Crippen LogP contribution in [0.15, 0.2) is 12.3 Å². The largest absolute Gasteiger partial charge is 0.381 e. The molecule has 2 aliphatic heterocycles. The molecule has 22 heavy (non-hydrogen) atoms. The Kier molecular flexibility index (Phi) is 3.88. The fourth-order valence-electron chi connectivity index (χ4n) is 3.23. The molecular weight excluding hydrogens is 282 g/mol. The summed E-state index contributed by atoms with van der Waals surface area (Å²) >= 11 is 0. The van der Waals surface area contributed by atoms with E-state index in [0.29, 0.717) is 26.3 Å². The third kappa shape index (κ3) is 3.03. The predicted octanol–water partition coefficient (Wildman–Crippen LogP) is 1.06. The molecule has 0 aromatic carbocycles.